The van der Waals surface area contributed by atoms with Crippen LogP contribution in [0, 0.1) is 11.6 Å². The van der Waals surface area contributed by atoms with Gasteiger partial charge in [-0.3, -0.25) is 4.72 Å². The van der Waals surface area contributed by atoms with Crippen molar-refractivity contribution in [3.8, 4) is 0 Å². The van der Waals surface area contributed by atoms with Crippen molar-refractivity contribution in [2.24, 2.45) is 0 Å². The molecule has 0 radical (unpaired) electrons. The Labute approximate surface area is 116 Å². The third-order valence-corrected chi connectivity index (χ3v) is 3.79. The summed E-state index contributed by atoms with van der Waals surface area (Å²) in [4.78, 5) is 0. The van der Waals surface area contributed by atoms with Crippen LogP contribution in [0.1, 0.15) is 13.3 Å². The van der Waals surface area contributed by atoms with E-state index in [2.05, 4.69) is 5.32 Å². The zero-order valence-electron chi connectivity index (χ0n) is 10.3. The van der Waals surface area contributed by atoms with Crippen molar-refractivity contribution in [3.05, 3.63) is 28.8 Å². The Morgan fingerprint density at radius 2 is 1.95 bits per heavy atom. The van der Waals surface area contributed by atoms with Gasteiger partial charge in [-0.25, -0.2) is 17.2 Å². The largest absolute Gasteiger partial charge is 0.316 e. The van der Waals surface area contributed by atoms with E-state index in [0.717, 1.165) is 12.5 Å². The Morgan fingerprint density at radius 3 is 2.53 bits per heavy atom. The van der Waals surface area contributed by atoms with Gasteiger partial charge in [0.1, 0.15) is 11.5 Å². The molecule has 0 amide bonds. The summed E-state index contributed by atoms with van der Waals surface area (Å²) < 4.78 is 51.6. The van der Waals surface area contributed by atoms with Crippen LogP contribution in [0.3, 0.4) is 0 Å². The Kier molecular flexibility index (Phi) is 5.96. The molecule has 2 N–H and O–H groups in total. The lowest BCUT2D eigenvalue weighted by Gasteiger charge is -2.11. The number of anilines is 1. The van der Waals surface area contributed by atoms with Crippen LogP contribution in [0.25, 0.3) is 0 Å². The van der Waals surface area contributed by atoms with Crippen molar-refractivity contribution in [1.82, 2.24) is 5.32 Å². The minimum absolute atomic E-state index is 0.222. The average Bonchev–Trinajstić information content (AvgIpc) is 2.29. The molecule has 1 rings (SSSR count). The Morgan fingerprint density at radius 1 is 1.26 bits per heavy atom. The predicted octanol–water partition coefficient (Wildman–Crippen LogP) is 2.36. The molecule has 4 nitrogen and oxygen atoms in total. The second-order valence-corrected chi connectivity index (χ2v) is 6.16. The quantitative estimate of drug-likeness (QED) is 0.760. The first-order valence-electron chi connectivity index (χ1n) is 5.71. The summed E-state index contributed by atoms with van der Waals surface area (Å²) in [6.07, 6.45) is 0.881. The molecule has 108 valence electrons. The van der Waals surface area contributed by atoms with Gasteiger partial charge in [0.05, 0.1) is 10.8 Å². The molecule has 1 aromatic rings. The highest BCUT2D eigenvalue weighted by molar-refractivity contribution is 7.92. The summed E-state index contributed by atoms with van der Waals surface area (Å²) in [5.41, 5.74) is -0.432. The monoisotopic (exact) mass is 312 g/mol. The number of halogens is 3. The van der Waals surface area contributed by atoms with Gasteiger partial charge in [0, 0.05) is 12.6 Å². The lowest BCUT2D eigenvalue weighted by Crippen LogP contribution is -2.27. The molecule has 0 aromatic heterocycles. The number of hydrogen-bond donors (Lipinski definition) is 2. The zero-order valence-corrected chi connectivity index (χ0v) is 11.9. The van der Waals surface area contributed by atoms with Gasteiger partial charge in [-0.15, -0.1) is 0 Å². The number of hydrogen-bond acceptors (Lipinski definition) is 3. The fourth-order valence-corrected chi connectivity index (χ4v) is 2.69. The Balaban J connectivity index is 2.73. The highest BCUT2D eigenvalue weighted by Gasteiger charge is 2.16. The van der Waals surface area contributed by atoms with Gasteiger partial charge in [-0.1, -0.05) is 18.5 Å². The van der Waals surface area contributed by atoms with Gasteiger partial charge >= 0.3 is 0 Å². The summed E-state index contributed by atoms with van der Waals surface area (Å²) >= 11 is 5.60. The molecule has 0 spiro atoms. The van der Waals surface area contributed by atoms with Gasteiger partial charge in [0.2, 0.25) is 10.0 Å². The van der Waals surface area contributed by atoms with Crippen molar-refractivity contribution >= 4 is 27.3 Å². The van der Waals surface area contributed by atoms with Gasteiger partial charge < -0.3 is 5.32 Å². The molecular formula is C11H15ClF2N2O2S. The second kappa shape index (κ2) is 7.02. The van der Waals surface area contributed by atoms with E-state index < -0.39 is 27.3 Å². The number of nitrogens with one attached hydrogen (secondary N) is 2. The van der Waals surface area contributed by atoms with Crippen molar-refractivity contribution in [3.63, 3.8) is 0 Å². The SMILES string of the molecule is CCCNCCS(=O)(=O)Nc1c(F)cc(F)cc1Cl. The minimum Gasteiger partial charge on any atom is -0.316 e. The first-order valence-corrected chi connectivity index (χ1v) is 7.74. The maximum atomic E-state index is 13.4. The molecule has 8 heteroatoms. The van der Waals surface area contributed by atoms with Crippen LogP contribution >= 0.6 is 11.6 Å². The van der Waals surface area contributed by atoms with Crippen LogP contribution < -0.4 is 10.0 Å². The molecular weight excluding hydrogens is 298 g/mol. The molecule has 0 saturated carbocycles. The lowest BCUT2D eigenvalue weighted by atomic mass is 10.3. The molecule has 1 aromatic carbocycles. The van der Waals surface area contributed by atoms with Crippen molar-refractivity contribution in [2.75, 3.05) is 23.6 Å². The van der Waals surface area contributed by atoms with Crippen molar-refractivity contribution in [2.45, 2.75) is 13.3 Å². The van der Waals surface area contributed by atoms with E-state index in [4.69, 9.17) is 11.6 Å². The zero-order chi connectivity index (χ0) is 14.5. The highest BCUT2D eigenvalue weighted by Crippen LogP contribution is 2.27. The Hall–Kier alpha value is -0.920. The van der Waals surface area contributed by atoms with E-state index in [0.29, 0.717) is 12.6 Å². The molecule has 0 atom stereocenters. The van der Waals surface area contributed by atoms with Crippen LogP contribution in [0.5, 0.6) is 0 Å². The van der Waals surface area contributed by atoms with Gasteiger partial charge in [-0.2, -0.15) is 0 Å². The van der Waals surface area contributed by atoms with E-state index in [1.54, 1.807) is 0 Å². The standard InChI is InChI=1S/C11H15ClF2N2O2S/c1-2-3-15-4-5-19(17,18)16-11-9(12)6-8(13)7-10(11)14/h6-7,15-16H,2-5H2,1H3. The molecule has 0 unspecified atom stereocenters. The predicted molar refractivity (Wildman–Crippen MR) is 71.9 cm³/mol. The summed E-state index contributed by atoms with van der Waals surface area (Å²) in [7, 11) is -3.73. The molecule has 0 aliphatic carbocycles. The van der Waals surface area contributed by atoms with Crippen LogP contribution in [0.15, 0.2) is 12.1 Å². The van der Waals surface area contributed by atoms with Crippen LogP contribution in [0.4, 0.5) is 14.5 Å². The summed E-state index contributed by atoms with van der Waals surface area (Å²) in [6, 6.07) is 1.41. The smallest absolute Gasteiger partial charge is 0.234 e. The van der Waals surface area contributed by atoms with E-state index in [1.165, 1.54) is 0 Å². The van der Waals surface area contributed by atoms with Crippen LogP contribution in [-0.4, -0.2) is 27.3 Å². The second-order valence-electron chi connectivity index (χ2n) is 3.92. The molecule has 0 fully saturated rings. The average molecular weight is 313 g/mol. The maximum Gasteiger partial charge on any atom is 0.234 e. The highest BCUT2D eigenvalue weighted by atomic mass is 35.5. The normalized spacial score (nSPS) is 11.6. The maximum absolute atomic E-state index is 13.4. The van der Waals surface area contributed by atoms with Crippen molar-refractivity contribution < 1.29 is 17.2 Å². The topological polar surface area (TPSA) is 58.2 Å². The van der Waals surface area contributed by atoms with Crippen LogP contribution in [0.2, 0.25) is 5.02 Å². The molecule has 0 bridgehead atoms. The van der Waals surface area contributed by atoms with Gasteiger partial charge in [0.25, 0.3) is 0 Å². The molecule has 0 heterocycles. The minimum atomic E-state index is -3.73. The first kappa shape index (κ1) is 16.1. The van der Waals surface area contributed by atoms with E-state index in [1.807, 2.05) is 11.6 Å². The fraction of sp³-hybridized carbons (Fsp3) is 0.455. The molecule has 0 saturated heterocycles. The number of benzene rings is 1. The van der Waals surface area contributed by atoms with E-state index >= 15 is 0 Å². The fourth-order valence-electron chi connectivity index (χ4n) is 1.35. The third kappa shape index (κ3) is 5.30. The summed E-state index contributed by atoms with van der Waals surface area (Å²) in [5.74, 6) is -2.13. The van der Waals surface area contributed by atoms with Gasteiger partial charge in [0.15, 0.2) is 5.82 Å². The summed E-state index contributed by atoms with van der Waals surface area (Å²) in [6.45, 7) is 2.89. The third-order valence-electron chi connectivity index (χ3n) is 2.24. The lowest BCUT2D eigenvalue weighted by molar-refractivity contribution is 0.581. The van der Waals surface area contributed by atoms with E-state index in [9.17, 15) is 17.2 Å². The van der Waals surface area contributed by atoms with Gasteiger partial charge in [-0.05, 0) is 19.0 Å². The summed E-state index contributed by atoms with van der Waals surface area (Å²) in [5, 5.41) is 2.59. The van der Waals surface area contributed by atoms with Crippen molar-refractivity contribution in [1.29, 1.82) is 0 Å². The number of sulfonamides is 1. The number of rotatable bonds is 7. The van der Waals surface area contributed by atoms with E-state index in [-0.39, 0.29) is 17.3 Å². The van der Waals surface area contributed by atoms with Crippen LogP contribution in [-0.2, 0) is 10.0 Å². The first-order chi connectivity index (χ1) is 8.85. The Bertz CT molecular complexity index is 514. The molecule has 0 aliphatic rings. The molecule has 19 heavy (non-hydrogen) atoms. The molecule has 0 aliphatic heterocycles.